The largest absolute Gasteiger partial charge is 0.493 e. The lowest BCUT2D eigenvalue weighted by Gasteiger charge is -1.98. The number of carbonyl (C=O) groups is 1. The van der Waals surface area contributed by atoms with Gasteiger partial charge in [-0.1, -0.05) is 12.1 Å². The molecule has 0 aliphatic rings. The molecule has 1 aromatic heterocycles. The van der Waals surface area contributed by atoms with E-state index in [1.165, 1.54) is 6.92 Å². The maximum atomic E-state index is 11.4. The molecule has 0 N–H and O–H groups in total. The predicted molar refractivity (Wildman–Crippen MR) is 57.5 cm³/mol. The summed E-state index contributed by atoms with van der Waals surface area (Å²) >= 11 is 0. The van der Waals surface area contributed by atoms with Gasteiger partial charge in [0, 0.05) is 5.39 Å². The first kappa shape index (κ1) is 9.77. The van der Waals surface area contributed by atoms with Crippen LogP contribution in [0.1, 0.15) is 23.0 Å². The number of hydrogen-bond acceptors (Lipinski definition) is 3. The van der Waals surface area contributed by atoms with Gasteiger partial charge in [-0.2, -0.15) is 0 Å². The number of benzene rings is 1. The first-order chi connectivity index (χ1) is 7.15. The van der Waals surface area contributed by atoms with Gasteiger partial charge in [0.2, 0.25) is 0 Å². The minimum absolute atomic E-state index is 0.0134. The van der Waals surface area contributed by atoms with Crippen molar-refractivity contribution in [3.05, 3.63) is 29.5 Å². The van der Waals surface area contributed by atoms with Gasteiger partial charge in [-0.25, -0.2) is 0 Å². The zero-order valence-electron chi connectivity index (χ0n) is 8.96. The van der Waals surface area contributed by atoms with Crippen molar-refractivity contribution >= 4 is 16.8 Å². The summed E-state index contributed by atoms with van der Waals surface area (Å²) in [7, 11) is 1.58. The molecule has 3 nitrogen and oxygen atoms in total. The van der Waals surface area contributed by atoms with E-state index >= 15 is 0 Å². The third-order valence-corrected chi connectivity index (χ3v) is 2.43. The lowest BCUT2D eigenvalue weighted by Crippen LogP contribution is -1.92. The molecule has 0 fully saturated rings. The van der Waals surface area contributed by atoms with Crippen molar-refractivity contribution in [2.24, 2.45) is 0 Å². The molecule has 15 heavy (non-hydrogen) atoms. The van der Waals surface area contributed by atoms with Crippen LogP contribution in [0.4, 0.5) is 0 Å². The Balaban J connectivity index is 2.84. The highest BCUT2D eigenvalue weighted by molar-refractivity contribution is 6.08. The number of furan rings is 1. The maximum Gasteiger partial charge on any atom is 0.176 e. The summed E-state index contributed by atoms with van der Waals surface area (Å²) in [6.45, 7) is 3.33. The Morgan fingerprint density at radius 3 is 2.73 bits per heavy atom. The molecule has 0 bridgehead atoms. The van der Waals surface area contributed by atoms with E-state index in [2.05, 4.69) is 0 Å². The van der Waals surface area contributed by atoms with Crippen LogP contribution >= 0.6 is 0 Å². The van der Waals surface area contributed by atoms with Crippen LogP contribution in [0.15, 0.2) is 22.6 Å². The third kappa shape index (κ3) is 1.40. The number of ether oxygens (including phenoxy) is 1. The van der Waals surface area contributed by atoms with E-state index in [0.717, 1.165) is 5.39 Å². The Morgan fingerprint density at radius 1 is 1.40 bits per heavy atom. The number of Topliss-reactive ketones (excluding diaryl/α,β-unsaturated/α-hetero) is 1. The first-order valence-corrected chi connectivity index (χ1v) is 4.72. The highest BCUT2D eigenvalue weighted by Gasteiger charge is 2.16. The molecule has 0 atom stereocenters. The Kier molecular flexibility index (Phi) is 2.23. The summed E-state index contributed by atoms with van der Waals surface area (Å²) in [5.41, 5.74) is 1.28. The molecule has 2 rings (SSSR count). The Bertz CT molecular complexity index is 523. The highest BCUT2D eigenvalue weighted by atomic mass is 16.5. The van der Waals surface area contributed by atoms with Crippen molar-refractivity contribution in [2.75, 3.05) is 7.11 Å². The number of rotatable bonds is 2. The molecule has 0 spiro atoms. The second kappa shape index (κ2) is 3.42. The zero-order chi connectivity index (χ0) is 11.0. The molecule has 0 aliphatic carbocycles. The third-order valence-electron chi connectivity index (χ3n) is 2.43. The van der Waals surface area contributed by atoms with Crippen LogP contribution in [0, 0.1) is 6.92 Å². The Morgan fingerprint density at radius 2 is 2.13 bits per heavy atom. The fourth-order valence-electron chi connectivity index (χ4n) is 1.81. The van der Waals surface area contributed by atoms with Crippen LogP contribution in [0.25, 0.3) is 11.0 Å². The molecule has 0 saturated carbocycles. The van der Waals surface area contributed by atoms with Gasteiger partial charge in [-0.15, -0.1) is 0 Å². The van der Waals surface area contributed by atoms with E-state index in [4.69, 9.17) is 9.15 Å². The van der Waals surface area contributed by atoms with E-state index < -0.39 is 0 Å². The highest BCUT2D eigenvalue weighted by Crippen LogP contribution is 2.32. The van der Waals surface area contributed by atoms with Crippen molar-refractivity contribution in [3.8, 4) is 5.75 Å². The molecule has 3 heteroatoms. The number of hydrogen-bond donors (Lipinski definition) is 0. The monoisotopic (exact) mass is 204 g/mol. The first-order valence-electron chi connectivity index (χ1n) is 4.72. The second-order valence-corrected chi connectivity index (χ2v) is 3.43. The Hall–Kier alpha value is -1.77. The normalized spacial score (nSPS) is 10.6. The van der Waals surface area contributed by atoms with Crippen molar-refractivity contribution in [1.82, 2.24) is 0 Å². The lowest BCUT2D eigenvalue weighted by atomic mass is 10.1. The van der Waals surface area contributed by atoms with E-state index in [-0.39, 0.29) is 5.78 Å². The average Bonchev–Trinajstić information content (AvgIpc) is 2.53. The number of methoxy groups -OCH3 is 1. The van der Waals surface area contributed by atoms with E-state index in [1.807, 2.05) is 18.2 Å². The quantitative estimate of drug-likeness (QED) is 0.706. The van der Waals surface area contributed by atoms with Crippen LogP contribution in [-0.2, 0) is 0 Å². The molecule has 0 amide bonds. The molecule has 2 aromatic rings. The molecule has 1 aromatic carbocycles. The maximum absolute atomic E-state index is 11.4. The van der Waals surface area contributed by atoms with Crippen LogP contribution in [-0.4, -0.2) is 12.9 Å². The fraction of sp³-hybridized carbons (Fsp3) is 0.250. The number of fused-ring (bicyclic) bond motifs is 1. The van der Waals surface area contributed by atoms with Gasteiger partial charge in [-0.05, 0) is 19.9 Å². The van der Waals surface area contributed by atoms with Crippen molar-refractivity contribution in [1.29, 1.82) is 0 Å². The molecule has 0 saturated heterocycles. The van der Waals surface area contributed by atoms with Gasteiger partial charge in [0.1, 0.15) is 5.76 Å². The lowest BCUT2D eigenvalue weighted by molar-refractivity contribution is 0.101. The topological polar surface area (TPSA) is 39.4 Å². The fourth-order valence-corrected chi connectivity index (χ4v) is 1.81. The molecule has 0 unspecified atom stereocenters. The minimum Gasteiger partial charge on any atom is -0.493 e. The molecule has 0 aliphatic heterocycles. The van der Waals surface area contributed by atoms with Gasteiger partial charge in [0.25, 0.3) is 0 Å². The van der Waals surface area contributed by atoms with Crippen molar-refractivity contribution in [3.63, 3.8) is 0 Å². The second-order valence-electron chi connectivity index (χ2n) is 3.43. The molecule has 1 heterocycles. The summed E-state index contributed by atoms with van der Waals surface area (Å²) in [5.74, 6) is 1.31. The summed E-state index contributed by atoms with van der Waals surface area (Å²) < 4.78 is 10.7. The van der Waals surface area contributed by atoms with Crippen LogP contribution < -0.4 is 4.74 Å². The van der Waals surface area contributed by atoms with Crippen LogP contribution in [0.2, 0.25) is 0 Å². The number of carbonyl (C=O) groups excluding carboxylic acids is 1. The van der Waals surface area contributed by atoms with E-state index in [9.17, 15) is 4.79 Å². The van der Waals surface area contributed by atoms with Gasteiger partial charge in [0.05, 0.1) is 12.7 Å². The minimum atomic E-state index is 0.0134. The van der Waals surface area contributed by atoms with Gasteiger partial charge in [-0.3, -0.25) is 4.79 Å². The molecular formula is C12H12O3. The molecular weight excluding hydrogens is 192 g/mol. The van der Waals surface area contributed by atoms with Gasteiger partial charge < -0.3 is 9.15 Å². The number of ketones is 1. The smallest absolute Gasteiger partial charge is 0.176 e. The molecule has 0 radical (unpaired) electrons. The standard InChI is InChI=1S/C12H12O3/c1-7(13)11-8(2)15-12-9(11)5-4-6-10(12)14-3/h4-6H,1-3H3. The number of para-hydroxylation sites is 1. The average molecular weight is 204 g/mol. The zero-order valence-corrected chi connectivity index (χ0v) is 8.96. The summed E-state index contributed by atoms with van der Waals surface area (Å²) in [5, 5.41) is 0.819. The van der Waals surface area contributed by atoms with Gasteiger partial charge >= 0.3 is 0 Å². The summed E-state index contributed by atoms with van der Waals surface area (Å²) in [6, 6.07) is 5.53. The van der Waals surface area contributed by atoms with E-state index in [1.54, 1.807) is 14.0 Å². The predicted octanol–water partition coefficient (Wildman–Crippen LogP) is 2.95. The van der Waals surface area contributed by atoms with Gasteiger partial charge in [0.15, 0.2) is 17.1 Å². The molecule has 78 valence electrons. The summed E-state index contributed by atoms with van der Waals surface area (Å²) in [4.78, 5) is 11.4. The van der Waals surface area contributed by atoms with Crippen LogP contribution in [0.3, 0.4) is 0 Å². The van der Waals surface area contributed by atoms with E-state index in [0.29, 0.717) is 22.7 Å². The van der Waals surface area contributed by atoms with Crippen molar-refractivity contribution < 1.29 is 13.9 Å². The van der Waals surface area contributed by atoms with Crippen LogP contribution in [0.5, 0.6) is 5.75 Å². The number of aryl methyl sites for hydroxylation is 1. The SMILES string of the molecule is COc1cccc2c(C(C)=O)c(C)oc12. The summed E-state index contributed by atoms with van der Waals surface area (Å²) in [6.07, 6.45) is 0. The van der Waals surface area contributed by atoms with Crippen molar-refractivity contribution in [2.45, 2.75) is 13.8 Å². The Labute approximate surface area is 87.6 Å².